The number of carbonyl (C=O) groups is 2. The topological polar surface area (TPSA) is 76.5 Å². The molecule has 1 N–H and O–H groups in total. The first-order valence-electron chi connectivity index (χ1n) is 6.95. The van der Waals surface area contributed by atoms with Crippen molar-refractivity contribution in [3.8, 4) is 5.88 Å². The Morgan fingerprint density at radius 2 is 2.00 bits per heavy atom. The molecule has 0 bridgehead atoms. The molecule has 0 aliphatic carbocycles. The molecule has 1 unspecified atom stereocenters. The molecule has 1 rings (SSSR count). The molecule has 0 saturated heterocycles. The van der Waals surface area contributed by atoms with E-state index in [1.165, 1.54) is 11.8 Å². The minimum Gasteiger partial charge on any atom is -0.480 e. The molecule has 7 nitrogen and oxygen atoms in total. The molecule has 8 heteroatoms. The maximum Gasteiger partial charge on any atom is 0.273 e. The van der Waals surface area contributed by atoms with Crippen LogP contribution in [-0.4, -0.2) is 52.7 Å². The van der Waals surface area contributed by atoms with Crippen LogP contribution < -0.4 is 10.1 Å². The van der Waals surface area contributed by atoms with Crippen LogP contribution in [-0.2, 0) is 11.8 Å². The average Bonchev–Trinajstić information content (AvgIpc) is 2.80. The first kappa shape index (κ1) is 19.0. The van der Waals surface area contributed by atoms with Gasteiger partial charge in [0, 0.05) is 20.1 Å². The van der Waals surface area contributed by atoms with Gasteiger partial charge in [-0.05, 0) is 22.9 Å². The first-order chi connectivity index (χ1) is 10.9. The molecule has 0 aliphatic heterocycles. The number of aryl methyl sites for hydroxylation is 1. The van der Waals surface area contributed by atoms with Gasteiger partial charge in [0.15, 0.2) is 5.69 Å². The highest BCUT2D eigenvalue weighted by Gasteiger charge is 2.25. The highest BCUT2D eigenvalue weighted by Crippen LogP contribution is 2.27. The van der Waals surface area contributed by atoms with Gasteiger partial charge in [0.05, 0.1) is 7.11 Å². The zero-order chi connectivity index (χ0) is 17.6. The van der Waals surface area contributed by atoms with E-state index in [9.17, 15) is 9.59 Å². The van der Waals surface area contributed by atoms with Crippen LogP contribution in [0.25, 0.3) is 0 Å². The second-order valence-electron chi connectivity index (χ2n) is 4.81. The van der Waals surface area contributed by atoms with Crippen molar-refractivity contribution >= 4 is 27.7 Å². The Hall–Kier alpha value is -2.09. The smallest absolute Gasteiger partial charge is 0.273 e. The SMILES string of the molecule is C=CCN(CC=C)C(=O)C(C)NC(=O)c1nn(C)c(OC)c1Br. The summed E-state index contributed by atoms with van der Waals surface area (Å²) in [6, 6.07) is -0.706. The van der Waals surface area contributed by atoms with E-state index in [-0.39, 0.29) is 11.6 Å². The molecular weight excluding hydrogens is 364 g/mol. The fourth-order valence-corrected chi connectivity index (χ4v) is 2.69. The van der Waals surface area contributed by atoms with E-state index in [1.54, 1.807) is 31.0 Å². The molecule has 1 aromatic heterocycles. The third-order valence-corrected chi connectivity index (χ3v) is 3.79. The monoisotopic (exact) mass is 384 g/mol. The lowest BCUT2D eigenvalue weighted by atomic mass is 10.2. The fourth-order valence-electron chi connectivity index (χ4n) is 2.02. The van der Waals surface area contributed by atoms with Crippen LogP contribution in [0.3, 0.4) is 0 Å². The highest BCUT2D eigenvalue weighted by atomic mass is 79.9. The van der Waals surface area contributed by atoms with E-state index < -0.39 is 11.9 Å². The molecule has 23 heavy (non-hydrogen) atoms. The Balaban J connectivity index is 2.85. The third-order valence-electron chi connectivity index (χ3n) is 3.08. The fraction of sp³-hybridized carbons (Fsp3) is 0.400. The van der Waals surface area contributed by atoms with Gasteiger partial charge in [0.1, 0.15) is 10.5 Å². The molecule has 1 heterocycles. The van der Waals surface area contributed by atoms with Crippen molar-refractivity contribution in [2.75, 3.05) is 20.2 Å². The van der Waals surface area contributed by atoms with Gasteiger partial charge in [-0.1, -0.05) is 12.2 Å². The molecule has 126 valence electrons. The number of halogens is 1. The molecule has 0 aromatic carbocycles. The van der Waals surface area contributed by atoms with Crippen LogP contribution >= 0.6 is 15.9 Å². The number of amides is 2. The van der Waals surface area contributed by atoms with Gasteiger partial charge in [-0.25, -0.2) is 4.68 Å². The van der Waals surface area contributed by atoms with Crippen LogP contribution in [0.5, 0.6) is 5.88 Å². The lowest BCUT2D eigenvalue weighted by Gasteiger charge is -2.23. The van der Waals surface area contributed by atoms with E-state index >= 15 is 0 Å². The minimum atomic E-state index is -0.706. The van der Waals surface area contributed by atoms with Crippen LogP contribution in [0.2, 0.25) is 0 Å². The Bertz CT molecular complexity index is 602. The summed E-state index contributed by atoms with van der Waals surface area (Å²) >= 11 is 3.28. The lowest BCUT2D eigenvalue weighted by Crippen LogP contribution is -2.47. The maximum absolute atomic E-state index is 12.4. The van der Waals surface area contributed by atoms with Crippen LogP contribution in [0.15, 0.2) is 29.8 Å². The van der Waals surface area contributed by atoms with Gasteiger partial charge in [-0.15, -0.1) is 13.2 Å². The third kappa shape index (κ3) is 4.44. The van der Waals surface area contributed by atoms with Gasteiger partial charge in [0.25, 0.3) is 5.91 Å². The molecular formula is C15H21BrN4O3. The summed E-state index contributed by atoms with van der Waals surface area (Å²) in [5, 5.41) is 6.72. The molecule has 1 atom stereocenters. The predicted octanol–water partition coefficient (Wildman–Crippen LogP) is 1.51. The number of rotatable bonds is 8. The normalized spacial score (nSPS) is 11.5. The van der Waals surface area contributed by atoms with E-state index in [0.717, 1.165) is 0 Å². The zero-order valence-electron chi connectivity index (χ0n) is 13.5. The van der Waals surface area contributed by atoms with Crippen LogP contribution in [0.1, 0.15) is 17.4 Å². The van der Waals surface area contributed by atoms with Crippen molar-refractivity contribution in [2.24, 2.45) is 7.05 Å². The van der Waals surface area contributed by atoms with Gasteiger partial charge >= 0.3 is 0 Å². The Labute approximate surface area is 144 Å². The first-order valence-corrected chi connectivity index (χ1v) is 7.74. The number of ether oxygens (including phenoxy) is 1. The number of aromatic nitrogens is 2. The predicted molar refractivity (Wildman–Crippen MR) is 91.4 cm³/mol. The van der Waals surface area contributed by atoms with Gasteiger partial charge in [-0.3, -0.25) is 9.59 Å². The number of nitrogens with one attached hydrogen (secondary N) is 1. The standard InChI is InChI=1S/C15H21BrN4O3/c1-6-8-20(9-7-2)14(22)10(3)17-13(21)12-11(16)15(23-5)19(4)18-12/h6-7,10H,1-2,8-9H2,3-5H3,(H,17,21). The number of hydrogen-bond donors (Lipinski definition) is 1. The van der Waals surface area contributed by atoms with Crippen LogP contribution in [0, 0.1) is 0 Å². The maximum atomic E-state index is 12.4. The van der Waals surface area contributed by atoms with Gasteiger partial charge in [-0.2, -0.15) is 5.10 Å². The summed E-state index contributed by atoms with van der Waals surface area (Å²) in [6.07, 6.45) is 3.24. The van der Waals surface area contributed by atoms with Gasteiger partial charge in [0.2, 0.25) is 11.8 Å². The lowest BCUT2D eigenvalue weighted by molar-refractivity contribution is -0.131. The largest absolute Gasteiger partial charge is 0.480 e. The summed E-state index contributed by atoms with van der Waals surface area (Å²) in [5.41, 5.74) is 0.156. The molecule has 0 saturated carbocycles. The molecule has 0 radical (unpaired) electrons. The quantitative estimate of drug-likeness (QED) is 0.689. The second-order valence-corrected chi connectivity index (χ2v) is 5.60. The summed E-state index contributed by atoms with van der Waals surface area (Å²) in [5.74, 6) is -0.264. The van der Waals surface area contributed by atoms with Crippen molar-refractivity contribution in [3.63, 3.8) is 0 Å². The molecule has 2 amide bonds. The number of nitrogens with zero attached hydrogens (tertiary/aromatic N) is 3. The Morgan fingerprint density at radius 1 is 1.43 bits per heavy atom. The van der Waals surface area contributed by atoms with Crippen molar-refractivity contribution in [3.05, 3.63) is 35.5 Å². The summed E-state index contributed by atoms with van der Waals surface area (Å²) < 4.78 is 7.01. The highest BCUT2D eigenvalue weighted by molar-refractivity contribution is 9.10. The summed E-state index contributed by atoms with van der Waals surface area (Å²) in [6.45, 7) is 9.62. The molecule has 1 aromatic rings. The number of methoxy groups -OCH3 is 1. The van der Waals surface area contributed by atoms with E-state index in [1.807, 2.05) is 0 Å². The summed E-state index contributed by atoms with van der Waals surface area (Å²) in [4.78, 5) is 26.2. The average molecular weight is 385 g/mol. The Kier molecular flexibility index (Phi) is 7.02. The van der Waals surface area contributed by atoms with Crippen molar-refractivity contribution in [1.29, 1.82) is 0 Å². The summed E-state index contributed by atoms with van der Waals surface area (Å²) in [7, 11) is 3.14. The van der Waals surface area contributed by atoms with Crippen molar-refractivity contribution < 1.29 is 14.3 Å². The number of hydrogen-bond acceptors (Lipinski definition) is 4. The van der Waals surface area contributed by atoms with E-state index in [2.05, 4.69) is 39.5 Å². The van der Waals surface area contributed by atoms with E-state index in [0.29, 0.717) is 23.4 Å². The van der Waals surface area contributed by atoms with Crippen molar-refractivity contribution in [1.82, 2.24) is 20.0 Å². The van der Waals surface area contributed by atoms with Crippen molar-refractivity contribution in [2.45, 2.75) is 13.0 Å². The second kappa shape index (κ2) is 8.52. The molecule has 0 aliphatic rings. The molecule has 0 fully saturated rings. The number of carbonyl (C=O) groups excluding carboxylic acids is 2. The minimum absolute atomic E-state index is 0.156. The van der Waals surface area contributed by atoms with Crippen LogP contribution in [0.4, 0.5) is 0 Å². The zero-order valence-corrected chi connectivity index (χ0v) is 15.1. The molecule has 0 spiro atoms. The van der Waals surface area contributed by atoms with E-state index in [4.69, 9.17) is 4.74 Å². The Morgan fingerprint density at radius 3 is 2.43 bits per heavy atom. The van der Waals surface area contributed by atoms with Gasteiger partial charge < -0.3 is 15.0 Å².